The second kappa shape index (κ2) is 5.38. The van der Waals surface area contributed by atoms with Gasteiger partial charge in [-0.15, -0.1) is 0 Å². The van der Waals surface area contributed by atoms with Crippen LogP contribution < -0.4 is 0 Å². The molecule has 0 saturated carbocycles. The normalized spacial score (nSPS) is 14.8. The Balaban J connectivity index is 3.05. The summed E-state index contributed by atoms with van der Waals surface area (Å²) in [4.78, 5) is 8.04. The fourth-order valence-corrected chi connectivity index (χ4v) is 0.487. The van der Waals surface area contributed by atoms with E-state index in [-0.39, 0.29) is 6.61 Å². The van der Waals surface area contributed by atoms with E-state index >= 15 is 0 Å². The lowest BCUT2D eigenvalue weighted by molar-refractivity contribution is 0.312. The zero-order chi connectivity index (χ0) is 6.41. The van der Waals surface area contributed by atoms with Crippen LogP contribution in [-0.4, -0.2) is 11.5 Å². The lowest BCUT2D eigenvalue weighted by atomic mass is 10.7. The highest BCUT2D eigenvalue weighted by atomic mass is 32.1. The molecule has 8 heavy (non-hydrogen) atoms. The van der Waals surface area contributed by atoms with Crippen LogP contribution >= 0.6 is 20.9 Å². The highest BCUT2D eigenvalue weighted by Gasteiger charge is 1.84. The Kier molecular flexibility index (Phi) is 5.54. The Labute approximate surface area is 53.7 Å². The third kappa shape index (κ3) is 6.24. The van der Waals surface area contributed by atoms with Crippen molar-refractivity contribution in [1.82, 2.24) is 0 Å². The molecule has 5 heteroatoms. The van der Waals surface area contributed by atoms with Gasteiger partial charge in [0.05, 0.1) is 6.61 Å². The van der Waals surface area contributed by atoms with E-state index in [0.29, 0.717) is 0 Å². The largest absolute Gasteiger partial charge is 0.326 e. The molecule has 0 aliphatic heterocycles. The monoisotopic (exact) mass is 154 g/mol. The first-order valence-electron chi connectivity index (χ1n) is 1.92. The number of hydrogen-bond donors (Lipinski definition) is 2. The molecule has 0 aromatic rings. The standard InChI is InChI=1S/C3H7O3PS/c4-7(5)6-2-1-3-8/h1,3,7-8H,2H2,(H,4,5). The average molecular weight is 154 g/mol. The Morgan fingerprint density at radius 2 is 2.50 bits per heavy atom. The molecule has 3 nitrogen and oxygen atoms in total. The minimum atomic E-state index is -2.74. The number of hydrogen-bond acceptors (Lipinski definition) is 3. The van der Waals surface area contributed by atoms with Crippen molar-refractivity contribution in [2.45, 2.75) is 0 Å². The molecule has 0 spiro atoms. The van der Waals surface area contributed by atoms with Crippen molar-refractivity contribution in [3.63, 3.8) is 0 Å². The Morgan fingerprint density at radius 1 is 1.88 bits per heavy atom. The van der Waals surface area contributed by atoms with E-state index in [9.17, 15) is 4.57 Å². The maximum absolute atomic E-state index is 9.78. The zero-order valence-electron chi connectivity index (χ0n) is 4.07. The van der Waals surface area contributed by atoms with Gasteiger partial charge < -0.3 is 9.42 Å². The van der Waals surface area contributed by atoms with E-state index in [2.05, 4.69) is 17.2 Å². The van der Waals surface area contributed by atoms with E-state index in [1.54, 1.807) is 0 Å². The van der Waals surface area contributed by atoms with Gasteiger partial charge in [0.2, 0.25) is 0 Å². The molecule has 0 aromatic heterocycles. The molecule has 0 fully saturated rings. The molecule has 0 bridgehead atoms. The minimum Gasteiger partial charge on any atom is -0.326 e. The van der Waals surface area contributed by atoms with Crippen LogP contribution in [0.15, 0.2) is 11.5 Å². The third-order valence-electron chi connectivity index (χ3n) is 0.408. The maximum Gasteiger partial charge on any atom is 0.316 e. The van der Waals surface area contributed by atoms with E-state index in [0.717, 1.165) is 0 Å². The van der Waals surface area contributed by atoms with Crippen molar-refractivity contribution in [1.29, 1.82) is 0 Å². The van der Waals surface area contributed by atoms with Gasteiger partial charge in [-0.3, -0.25) is 4.57 Å². The first kappa shape index (κ1) is 8.24. The number of thiol groups is 1. The van der Waals surface area contributed by atoms with Gasteiger partial charge in [0, 0.05) is 0 Å². The summed E-state index contributed by atoms with van der Waals surface area (Å²) in [5.74, 6) is 0. The first-order valence-corrected chi connectivity index (χ1v) is 3.70. The van der Waals surface area contributed by atoms with Gasteiger partial charge in [0.15, 0.2) is 0 Å². The highest BCUT2D eigenvalue weighted by molar-refractivity contribution is 7.83. The smallest absolute Gasteiger partial charge is 0.316 e. The molecule has 0 aliphatic rings. The van der Waals surface area contributed by atoms with Crippen LogP contribution in [0, 0.1) is 0 Å². The lowest BCUT2D eigenvalue weighted by Gasteiger charge is -1.89. The summed E-state index contributed by atoms with van der Waals surface area (Å²) < 4.78 is 14.0. The highest BCUT2D eigenvalue weighted by Crippen LogP contribution is 2.13. The summed E-state index contributed by atoms with van der Waals surface area (Å²) in [7, 11) is -2.74. The van der Waals surface area contributed by atoms with E-state index < -0.39 is 8.25 Å². The fourth-order valence-electron chi connectivity index (χ4n) is 0.162. The van der Waals surface area contributed by atoms with E-state index in [1.807, 2.05) is 0 Å². The molecule has 0 aromatic carbocycles. The van der Waals surface area contributed by atoms with Gasteiger partial charge in [-0.25, -0.2) is 0 Å². The molecule has 0 radical (unpaired) electrons. The van der Waals surface area contributed by atoms with Crippen LogP contribution in [0.4, 0.5) is 0 Å². The van der Waals surface area contributed by atoms with Crippen LogP contribution in [0.25, 0.3) is 0 Å². The second-order valence-electron chi connectivity index (χ2n) is 0.962. The summed E-state index contributed by atoms with van der Waals surface area (Å²) in [6.07, 6.45) is 1.53. The van der Waals surface area contributed by atoms with Crippen molar-refractivity contribution < 1.29 is 14.0 Å². The van der Waals surface area contributed by atoms with Crippen molar-refractivity contribution in [3.8, 4) is 0 Å². The Morgan fingerprint density at radius 3 is 2.88 bits per heavy atom. The molecule has 1 atom stereocenters. The molecule has 0 aliphatic carbocycles. The van der Waals surface area contributed by atoms with Crippen LogP contribution in [0.3, 0.4) is 0 Å². The van der Waals surface area contributed by atoms with Crippen LogP contribution in [0.2, 0.25) is 0 Å². The Bertz CT molecular complexity index is 103. The molecule has 0 amide bonds. The maximum atomic E-state index is 9.78. The lowest BCUT2D eigenvalue weighted by Crippen LogP contribution is -1.76. The fraction of sp³-hybridized carbons (Fsp3) is 0.333. The van der Waals surface area contributed by atoms with Crippen molar-refractivity contribution >= 4 is 20.9 Å². The summed E-state index contributed by atoms with van der Waals surface area (Å²) >= 11 is 3.69. The molecular formula is C3H7O3PS. The van der Waals surface area contributed by atoms with Gasteiger partial charge in [-0.1, -0.05) is 6.08 Å². The van der Waals surface area contributed by atoms with Crippen LogP contribution in [0.1, 0.15) is 0 Å². The third-order valence-corrected chi connectivity index (χ3v) is 1.03. The number of rotatable bonds is 3. The summed E-state index contributed by atoms with van der Waals surface area (Å²) in [5.41, 5.74) is 0. The topological polar surface area (TPSA) is 46.5 Å². The van der Waals surface area contributed by atoms with Gasteiger partial charge in [0.25, 0.3) is 0 Å². The Hall–Kier alpha value is 0.240. The van der Waals surface area contributed by atoms with Crippen LogP contribution in [-0.2, 0) is 9.09 Å². The van der Waals surface area contributed by atoms with Crippen molar-refractivity contribution in [2.75, 3.05) is 6.61 Å². The van der Waals surface area contributed by atoms with Gasteiger partial charge >= 0.3 is 8.25 Å². The predicted molar refractivity (Wildman–Crippen MR) is 35.3 cm³/mol. The summed E-state index contributed by atoms with van der Waals surface area (Å²) in [6.45, 7) is 0.151. The minimum absolute atomic E-state index is 0.151. The van der Waals surface area contributed by atoms with E-state index in [1.165, 1.54) is 11.5 Å². The van der Waals surface area contributed by atoms with Crippen LogP contribution in [0.5, 0.6) is 0 Å². The average Bonchev–Trinajstić information content (AvgIpc) is 1.66. The quantitative estimate of drug-likeness (QED) is 0.467. The molecule has 48 valence electrons. The molecule has 0 saturated heterocycles. The molecular weight excluding hydrogens is 147 g/mol. The molecule has 0 heterocycles. The second-order valence-corrected chi connectivity index (χ2v) is 2.08. The van der Waals surface area contributed by atoms with Gasteiger partial charge in [0.1, 0.15) is 0 Å². The molecule has 0 rings (SSSR count). The van der Waals surface area contributed by atoms with Crippen molar-refractivity contribution in [3.05, 3.63) is 11.5 Å². The summed E-state index contributed by atoms with van der Waals surface area (Å²) in [6, 6.07) is 0. The SMILES string of the molecule is O=[PH](O)OCC=CS. The predicted octanol–water partition coefficient (Wildman–Crippen LogP) is 0.828. The molecule has 1 unspecified atom stereocenters. The van der Waals surface area contributed by atoms with Gasteiger partial charge in [-0.2, -0.15) is 12.6 Å². The van der Waals surface area contributed by atoms with E-state index in [4.69, 9.17) is 4.89 Å². The molecule has 1 N–H and O–H groups in total. The zero-order valence-corrected chi connectivity index (χ0v) is 5.97. The van der Waals surface area contributed by atoms with Gasteiger partial charge in [-0.05, 0) is 5.41 Å². The summed E-state index contributed by atoms with van der Waals surface area (Å²) in [5, 5.41) is 1.45. The van der Waals surface area contributed by atoms with Crippen molar-refractivity contribution in [2.24, 2.45) is 0 Å². The first-order chi connectivity index (χ1) is 3.77.